The van der Waals surface area contributed by atoms with Gasteiger partial charge in [-0.3, -0.25) is 4.90 Å². The minimum atomic E-state index is -7.25. The van der Waals surface area contributed by atoms with Crippen LogP contribution in [0.3, 0.4) is 0 Å². The second-order valence-electron chi connectivity index (χ2n) is 6.77. The highest BCUT2D eigenvalue weighted by Gasteiger charge is 2.85. The fourth-order valence-corrected chi connectivity index (χ4v) is 4.25. The Bertz CT molecular complexity index is 880. The van der Waals surface area contributed by atoms with Crippen LogP contribution in [0.5, 0.6) is 0 Å². The van der Waals surface area contributed by atoms with Crippen LogP contribution in [0.1, 0.15) is 12.0 Å². The third kappa shape index (κ3) is 4.46. The van der Waals surface area contributed by atoms with Crippen LogP contribution in [0.2, 0.25) is 0 Å². The molecule has 0 aliphatic carbocycles. The van der Waals surface area contributed by atoms with Crippen molar-refractivity contribution in [3.8, 4) is 0 Å². The van der Waals surface area contributed by atoms with E-state index in [1.807, 2.05) is 0 Å². The minimum absolute atomic E-state index is 0.151. The second kappa shape index (κ2) is 8.06. The highest BCUT2D eigenvalue weighted by atomic mass is 32.2. The van der Waals surface area contributed by atoms with Gasteiger partial charge in [-0.05, 0) is 17.6 Å². The van der Waals surface area contributed by atoms with E-state index in [1.54, 1.807) is 35.2 Å². The quantitative estimate of drug-likeness (QED) is 0.431. The predicted molar refractivity (Wildman–Crippen MR) is 89.1 cm³/mol. The van der Waals surface area contributed by atoms with Gasteiger partial charge in [-0.25, -0.2) is 8.42 Å². The van der Waals surface area contributed by atoms with Crippen molar-refractivity contribution in [2.24, 2.45) is 0 Å². The van der Waals surface area contributed by atoms with Crippen LogP contribution in [0, 0.1) is 0 Å². The van der Waals surface area contributed by atoms with E-state index in [0.717, 1.165) is 11.6 Å². The Kier molecular flexibility index (Phi) is 6.58. The van der Waals surface area contributed by atoms with Crippen LogP contribution in [0.15, 0.2) is 42.0 Å². The average Bonchev–Trinajstić information content (AvgIpc) is 2.61. The lowest BCUT2D eigenvalue weighted by atomic mass is 10.1. The molecule has 0 saturated carbocycles. The van der Waals surface area contributed by atoms with Gasteiger partial charge >= 0.3 is 23.3 Å². The predicted octanol–water partition coefficient (Wildman–Crippen LogP) is 4.66. The molecule has 0 bridgehead atoms. The SMILES string of the molecule is O=S(=O)(CC1=CCCN(Cc2ccccc2)C1)C(F)(F)C(F)(F)C(F)(F)C(F)(F)F. The molecule has 1 aromatic rings. The van der Waals surface area contributed by atoms with Crippen LogP contribution in [-0.4, -0.2) is 55.4 Å². The molecular formula is C17H16F9NO2S. The van der Waals surface area contributed by atoms with Crippen molar-refractivity contribution in [2.75, 3.05) is 18.8 Å². The highest BCUT2D eigenvalue weighted by molar-refractivity contribution is 7.92. The second-order valence-corrected chi connectivity index (χ2v) is 8.80. The summed E-state index contributed by atoms with van der Waals surface area (Å²) >= 11 is 0. The molecule has 0 amide bonds. The molecule has 2 rings (SSSR count). The zero-order valence-electron chi connectivity index (χ0n) is 15.1. The number of alkyl halides is 9. The Labute approximate surface area is 166 Å². The normalized spacial score (nSPS) is 17.7. The molecule has 0 fully saturated rings. The topological polar surface area (TPSA) is 37.4 Å². The van der Waals surface area contributed by atoms with Crippen molar-refractivity contribution in [1.29, 1.82) is 0 Å². The van der Waals surface area contributed by atoms with E-state index in [-0.39, 0.29) is 25.1 Å². The van der Waals surface area contributed by atoms with E-state index >= 15 is 0 Å². The molecule has 1 aromatic carbocycles. The Balaban J connectivity index is 2.21. The minimum Gasteiger partial charge on any atom is -0.295 e. The van der Waals surface area contributed by atoms with Gasteiger partial charge in [-0.15, -0.1) is 0 Å². The fraction of sp³-hybridized carbons (Fsp3) is 0.529. The smallest absolute Gasteiger partial charge is 0.295 e. The van der Waals surface area contributed by atoms with Gasteiger partial charge in [0.1, 0.15) is 0 Å². The first-order chi connectivity index (χ1) is 13.5. The van der Waals surface area contributed by atoms with Crippen molar-refractivity contribution >= 4 is 9.84 Å². The van der Waals surface area contributed by atoms with Crippen LogP contribution in [0.4, 0.5) is 39.5 Å². The van der Waals surface area contributed by atoms with Gasteiger partial charge < -0.3 is 0 Å². The van der Waals surface area contributed by atoms with Gasteiger partial charge in [0.25, 0.3) is 0 Å². The van der Waals surface area contributed by atoms with Gasteiger partial charge in [0.2, 0.25) is 9.84 Å². The maximum Gasteiger partial charge on any atom is 0.460 e. The summed E-state index contributed by atoms with van der Waals surface area (Å²) in [5.74, 6) is -16.2. The van der Waals surface area contributed by atoms with Gasteiger partial charge in [0, 0.05) is 19.6 Å². The summed E-state index contributed by atoms with van der Waals surface area (Å²) in [6, 6.07) is 8.61. The maximum atomic E-state index is 13.8. The van der Waals surface area contributed by atoms with Gasteiger partial charge in [-0.1, -0.05) is 36.4 Å². The molecule has 0 aromatic heterocycles. The van der Waals surface area contributed by atoms with E-state index in [2.05, 4.69) is 0 Å². The van der Waals surface area contributed by atoms with E-state index < -0.39 is 38.9 Å². The van der Waals surface area contributed by atoms with Crippen LogP contribution in [-0.2, 0) is 16.4 Å². The number of hydrogen-bond donors (Lipinski definition) is 0. The molecule has 13 heteroatoms. The number of sulfone groups is 1. The largest absolute Gasteiger partial charge is 0.460 e. The lowest BCUT2D eigenvalue weighted by Gasteiger charge is -2.34. The molecule has 0 radical (unpaired) electrons. The van der Waals surface area contributed by atoms with Crippen molar-refractivity contribution in [3.63, 3.8) is 0 Å². The van der Waals surface area contributed by atoms with Crippen LogP contribution in [0.25, 0.3) is 0 Å². The zero-order valence-corrected chi connectivity index (χ0v) is 15.9. The van der Waals surface area contributed by atoms with Gasteiger partial charge in [0.15, 0.2) is 0 Å². The molecule has 0 saturated heterocycles. The van der Waals surface area contributed by atoms with E-state index in [4.69, 9.17) is 0 Å². The molecule has 0 N–H and O–H groups in total. The monoisotopic (exact) mass is 469 g/mol. The number of nitrogens with zero attached hydrogens (tertiary/aromatic N) is 1. The molecule has 0 unspecified atom stereocenters. The third-order valence-corrected chi connectivity index (χ3v) is 6.22. The Morgan fingerprint density at radius 1 is 0.867 bits per heavy atom. The molecule has 0 atom stereocenters. The number of hydrogen-bond acceptors (Lipinski definition) is 3. The summed E-state index contributed by atoms with van der Waals surface area (Å²) in [5.41, 5.74) is 0.478. The van der Waals surface area contributed by atoms with Crippen molar-refractivity contribution in [1.82, 2.24) is 4.90 Å². The molecule has 3 nitrogen and oxygen atoms in total. The van der Waals surface area contributed by atoms with Crippen LogP contribution < -0.4 is 0 Å². The Morgan fingerprint density at radius 2 is 1.43 bits per heavy atom. The molecule has 0 spiro atoms. The molecular weight excluding hydrogens is 453 g/mol. The summed E-state index contributed by atoms with van der Waals surface area (Å²) in [6.07, 6.45) is -5.76. The summed E-state index contributed by atoms with van der Waals surface area (Å²) in [6.45, 7) is 0.375. The van der Waals surface area contributed by atoms with Gasteiger partial charge in [-0.2, -0.15) is 39.5 Å². The fourth-order valence-electron chi connectivity index (χ4n) is 2.85. The molecule has 170 valence electrons. The molecule has 1 heterocycles. The summed E-state index contributed by atoms with van der Waals surface area (Å²) in [4.78, 5) is 1.60. The average molecular weight is 469 g/mol. The van der Waals surface area contributed by atoms with Crippen molar-refractivity contribution in [2.45, 2.75) is 36.2 Å². The van der Waals surface area contributed by atoms with E-state index in [1.165, 1.54) is 0 Å². The molecule has 1 aliphatic heterocycles. The number of halogens is 9. The Morgan fingerprint density at radius 3 is 1.97 bits per heavy atom. The van der Waals surface area contributed by atoms with Crippen LogP contribution >= 0.6 is 0 Å². The van der Waals surface area contributed by atoms with E-state index in [0.29, 0.717) is 6.54 Å². The molecule has 30 heavy (non-hydrogen) atoms. The first-order valence-corrected chi connectivity index (χ1v) is 10.0. The van der Waals surface area contributed by atoms with Crippen molar-refractivity contribution < 1.29 is 47.9 Å². The number of benzene rings is 1. The summed E-state index contributed by atoms with van der Waals surface area (Å²) < 4.78 is 141. The zero-order chi connectivity index (χ0) is 23.0. The first-order valence-electron chi connectivity index (χ1n) is 8.39. The highest BCUT2D eigenvalue weighted by Crippen LogP contribution is 2.55. The Hall–Kier alpha value is -1.76. The van der Waals surface area contributed by atoms with Crippen molar-refractivity contribution in [3.05, 3.63) is 47.5 Å². The molecule has 1 aliphatic rings. The summed E-state index contributed by atoms with van der Waals surface area (Å²) in [5, 5.41) is -6.65. The van der Waals surface area contributed by atoms with Gasteiger partial charge in [0.05, 0.1) is 5.75 Å². The summed E-state index contributed by atoms with van der Waals surface area (Å²) in [7, 11) is -6.42. The lowest BCUT2D eigenvalue weighted by Crippen LogP contribution is -2.63. The lowest BCUT2D eigenvalue weighted by molar-refractivity contribution is -0.382. The first kappa shape index (κ1) is 24.5. The standard InChI is InChI=1S/C17H16F9NO2S/c18-14(19,16(22,23)24)15(20,21)17(25,26)30(28,29)11-13-7-4-8-27(10-13)9-12-5-2-1-3-6-12/h1-3,5-7H,4,8-11H2. The number of rotatable bonds is 7. The maximum absolute atomic E-state index is 13.8. The third-order valence-electron chi connectivity index (χ3n) is 4.44. The van der Waals surface area contributed by atoms with E-state index in [9.17, 15) is 47.9 Å².